The van der Waals surface area contributed by atoms with Crippen LogP contribution in [0.1, 0.15) is 38.7 Å². The number of sulfone groups is 1. The van der Waals surface area contributed by atoms with Crippen molar-refractivity contribution in [3.8, 4) is 0 Å². The summed E-state index contributed by atoms with van der Waals surface area (Å²) in [5.41, 5.74) is 6.54. The fraction of sp³-hybridized carbons (Fsp3) is 0.600. The van der Waals surface area contributed by atoms with Crippen LogP contribution < -0.4 is 5.73 Å². The van der Waals surface area contributed by atoms with Gasteiger partial charge in [-0.2, -0.15) is 0 Å². The maximum atomic E-state index is 12.4. The normalized spacial score (nSPS) is 12.0. The molecule has 0 aliphatic rings. The van der Waals surface area contributed by atoms with Gasteiger partial charge in [-0.1, -0.05) is 38.8 Å². The average molecular weight is 283 g/mol. The number of aryl methyl sites for hydroxylation is 1. The fourth-order valence-electron chi connectivity index (χ4n) is 2.13. The summed E-state index contributed by atoms with van der Waals surface area (Å²) in [5, 5.41) is 0. The van der Waals surface area contributed by atoms with Crippen molar-refractivity contribution in [2.45, 2.75) is 44.4 Å². The summed E-state index contributed by atoms with van der Waals surface area (Å²) in [5.74, 6) is 0.498. The lowest BCUT2D eigenvalue weighted by Gasteiger charge is -2.13. The third-order valence-electron chi connectivity index (χ3n) is 3.54. The molecule has 0 aliphatic heterocycles. The van der Waals surface area contributed by atoms with Crippen LogP contribution in [0.4, 0.5) is 0 Å². The molecule has 4 heteroatoms. The van der Waals surface area contributed by atoms with Gasteiger partial charge in [-0.15, -0.1) is 0 Å². The Balaban J connectivity index is 2.88. The fourth-order valence-corrected chi connectivity index (χ4v) is 4.03. The molecule has 0 spiro atoms. The second-order valence-electron chi connectivity index (χ2n) is 5.00. The van der Waals surface area contributed by atoms with Crippen LogP contribution in [-0.2, 0) is 16.3 Å². The van der Waals surface area contributed by atoms with Crippen LogP contribution in [0.3, 0.4) is 0 Å². The number of rotatable bonds is 8. The van der Waals surface area contributed by atoms with Crippen LogP contribution in [0.2, 0.25) is 0 Å². The summed E-state index contributed by atoms with van der Waals surface area (Å²) >= 11 is 0. The van der Waals surface area contributed by atoms with Gasteiger partial charge in [0.2, 0.25) is 0 Å². The first-order chi connectivity index (χ1) is 9.03. The molecule has 0 amide bonds. The van der Waals surface area contributed by atoms with Crippen LogP contribution in [0, 0.1) is 5.92 Å². The smallest absolute Gasteiger partial charge is 0.178 e. The van der Waals surface area contributed by atoms with Crippen molar-refractivity contribution < 1.29 is 8.42 Å². The van der Waals surface area contributed by atoms with Crippen LogP contribution >= 0.6 is 0 Å². The standard InChI is InChI=1S/C15H25NO2S/c1-3-13(4-2)12-19(17,18)15-9-5-7-14(11-15)8-6-10-16/h5,7,9,11,13H,3-4,6,8,10,12,16H2,1-2H3. The predicted octanol–water partition coefficient (Wildman–Crippen LogP) is 2.79. The Hall–Kier alpha value is -0.870. The van der Waals surface area contributed by atoms with E-state index in [1.165, 1.54) is 0 Å². The molecule has 0 bridgehead atoms. The first-order valence-corrected chi connectivity index (χ1v) is 8.70. The SMILES string of the molecule is CCC(CC)CS(=O)(=O)c1cccc(CCCN)c1. The second kappa shape index (κ2) is 7.65. The van der Waals surface area contributed by atoms with E-state index in [-0.39, 0.29) is 11.7 Å². The van der Waals surface area contributed by atoms with E-state index in [4.69, 9.17) is 5.73 Å². The lowest BCUT2D eigenvalue weighted by atomic mass is 10.1. The third-order valence-corrected chi connectivity index (χ3v) is 5.42. The molecule has 2 N–H and O–H groups in total. The Morgan fingerprint density at radius 3 is 2.47 bits per heavy atom. The lowest BCUT2D eigenvalue weighted by Crippen LogP contribution is -2.15. The lowest BCUT2D eigenvalue weighted by molar-refractivity contribution is 0.523. The molecule has 1 aromatic rings. The number of hydrogen-bond donors (Lipinski definition) is 1. The summed E-state index contributed by atoms with van der Waals surface area (Å²) in [4.78, 5) is 0.453. The van der Waals surface area contributed by atoms with Crippen molar-refractivity contribution >= 4 is 9.84 Å². The molecule has 0 heterocycles. The Bertz CT molecular complexity index is 479. The predicted molar refractivity (Wildman–Crippen MR) is 79.9 cm³/mol. The van der Waals surface area contributed by atoms with Gasteiger partial charge in [-0.05, 0) is 43.0 Å². The molecule has 0 aromatic heterocycles. The minimum absolute atomic E-state index is 0.248. The zero-order chi connectivity index (χ0) is 14.3. The molecule has 1 aromatic carbocycles. The molecule has 0 atom stereocenters. The minimum atomic E-state index is -3.16. The van der Waals surface area contributed by atoms with Gasteiger partial charge in [0, 0.05) is 0 Å². The Kier molecular flexibility index (Phi) is 6.52. The molecule has 3 nitrogen and oxygen atoms in total. The van der Waals surface area contributed by atoms with E-state index in [0.29, 0.717) is 11.4 Å². The van der Waals surface area contributed by atoms with Crippen molar-refractivity contribution in [2.75, 3.05) is 12.3 Å². The molecule has 1 rings (SSSR count). The van der Waals surface area contributed by atoms with Gasteiger partial charge in [0.1, 0.15) is 0 Å². The maximum absolute atomic E-state index is 12.4. The zero-order valence-corrected chi connectivity index (χ0v) is 12.7. The molecule has 0 unspecified atom stereocenters. The maximum Gasteiger partial charge on any atom is 0.178 e. The largest absolute Gasteiger partial charge is 0.330 e. The molecular formula is C15H25NO2S. The van der Waals surface area contributed by atoms with Gasteiger partial charge >= 0.3 is 0 Å². The van der Waals surface area contributed by atoms with E-state index in [1.807, 2.05) is 26.0 Å². The van der Waals surface area contributed by atoms with Crippen molar-refractivity contribution in [1.82, 2.24) is 0 Å². The van der Waals surface area contributed by atoms with Gasteiger partial charge in [-0.3, -0.25) is 0 Å². The van der Waals surface area contributed by atoms with Gasteiger partial charge in [-0.25, -0.2) is 8.42 Å². The molecule has 0 saturated carbocycles. The quantitative estimate of drug-likeness (QED) is 0.798. The van der Waals surface area contributed by atoms with Gasteiger partial charge in [0.05, 0.1) is 10.6 Å². The Morgan fingerprint density at radius 2 is 1.89 bits per heavy atom. The van der Waals surface area contributed by atoms with Gasteiger partial charge in [0.15, 0.2) is 9.84 Å². The summed E-state index contributed by atoms with van der Waals surface area (Å²) < 4.78 is 24.7. The van der Waals surface area contributed by atoms with Crippen LogP contribution in [0.5, 0.6) is 0 Å². The molecule has 0 radical (unpaired) electrons. The van der Waals surface area contributed by atoms with E-state index in [0.717, 1.165) is 31.2 Å². The zero-order valence-electron chi connectivity index (χ0n) is 11.9. The van der Waals surface area contributed by atoms with Crippen molar-refractivity contribution in [3.05, 3.63) is 29.8 Å². The summed E-state index contributed by atoms with van der Waals surface area (Å²) in [6.45, 7) is 4.72. The molecule has 0 saturated heterocycles. The van der Waals surface area contributed by atoms with Gasteiger partial charge < -0.3 is 5.73 Å². The first-order valence-electron chi connectivity index (χ1n) is 7.05. The van der Waals surface area contributed by atoms with E-state index in [2.05, 4.69) is 0 Å². The van der Waals surface area contributed by atoms with Crippen LogP contribution in [-0.4, -0.2) is 20.7 Å². The summed E-state index contributed by atoms with van der Waals surface area (Å²) in [7, 11) is -3.16. The highest BCUT2D eigenvalue weighted by Gasteiger charge is 2.19. The van der Waals surface area contributed by atoms with Gasteiger partial charge in [0.25, 0.3) is 0 Å². The highest BCUT2D eigenvalue weighted by atomic mass is 32.2. The molecule has 19 heavy (non-hydrogen) atoms. The highest BCUT2D eigenvalue weighted by Crippen LogP contribution is 2.19. The van der Waals surface area contributed by atoms with Crippen LogP contribution in [0.25, 0.3) is 0 Å². The van der Waals surface area contributed by atoms with Crippen molar-refractivity contribution in [3.63, 3.8) is 0 Å². The minimum Gasteiger partial charge on any atom is -0.330 e. The molecular weight excluding hydrogens is 258 g/mol. The first kappa shape index (κ1) is 16.2. The van der Waals surface area contributed by atoms with Crippen molar-refractivity contribution in [2.24, 2.45) is 11.7 Å². The number of benzene rings is 1. The monoisotopic (exact) mass is 283 g/mol. The molecule has 108 valence electrons. The van der Waals surface area contributed by atoms with Crippen LogP contribution in [0.15, 0.2) is 29.2 Å². The summed E-state index contributed by atoms with van der Waals surface area (Å²) in [6.07, 6.45) is 3.53. The molecule has 0 aliphatic carbocycles. The third kappa shape index (κ3) is 4.96. The average Bonchev–Trinajstić information content (AvgIpc) is 2.43. The Morgan fingerprint density at radius 1 is 1.21 bits per heavy atom. The second-order valence-corrected chi connectivity index (χ2v) is 7.04. The van der Waals surface area contributed by atoms with E-state index in [1.54, 1.807) is 12.1 Å². The van der Waals surface area contributed by atoms with E-state index >= 15 is 0 Å². The van der Waals surface area contributed by atoms with E-state index < -0.39 is 9.84 Å². The van der Waals surface area contributed by atoms with E-state index in [9.17, 15) is 8.42 Å². The summed E-state index contributed by atoms with van der Waals surface area (Å²) in [6, 6.07) is 7.29. The Labute approximate surface area is 117 Å². The van der Waals surface area contributed by atoms with Crippen molar-refractivity contribution in [1.29, 1.82) is 0 Å². The highest BCUT2D eigenvalue weighted by molar-refractivity contribution is 7.91. The number of nitrogens with two attached hydrogens (primary N) is 1. The molecule has 0 fully saturated rings. The topological polar surface area (TPSA) is 60.2 Å². The number of hydrogen-bond acceptors (Lipinski definition) is 3.